The first-order chi connectivity index (χ1) is 10.6. The minimum absolute atomic E-state index is 0.0583. The van der Waals surface area contributed by atoms with Crippen molar-refractivity contribution in [3.8, 4) is 0 Å². The molecule has 120 valence electrons. The lowest BCUT2D eigenvalue weighted by molar-refractivity contribution is -0.119. The van der Waals surface area contributed by atoms with E-state index in [4.69, 9.17) is 0 Å². The van der Waals surface area contributed by atoms with Gasteiger partial charge >= 0.3 is 0 Å². The van der Waals surface area contributed by atoms with Crippen LogP contribution in [-0.2, 0) is 11.3 Å². The summed E-state index contributed by atoms with van der Waals surface area (Å²) >= 11 is 0. The highest BCUT2D eigenvalue weighted by molar-refractivity contribution is 5.85. The van der Waals surface area contributed by atoms with E-state index in [1.807, 2.05) is 24.9 Å². The van der Waals surface area contributed by atoms with E-state index in [0.717, 1.165) is 18.4 Å². The first-order valence-electron chi connectivity index (χ1n) is 7.61. The summed E-state index contributed by atoms with van der Waals surface area (Å²) in [6.07, 6.45) is 2.13. The van der Waals surface area contributed by atoms with Crippen molar-refractivity contribution in [3.05, 3.63) is 35.6 Å². The molecule has 2 rings (SSSR count). The lowest BCUT2D eigenvalue weighted by atomic mass is 10.2. The maximum Gasteiger partial charge on any atom is 0.242 e. The van der Waals surface area contributed by atoms with E-state index in [-0.39, 0.29) is 18.3 Å². The van der Waals surface area contributed by atoms with Crippen LogP contribution in [0.15, 0.2) is 29.3 Å². The maximum absolute atomic E-state index is 13.2. The summed E-state index contributed by atoms with van der Waals surface area (Å²) in [7, 11) is 1.87. The SMILES string of the molecule is CCNC(=NCC(=O)NC1CC1)N(C)Cc1cccc(F)c1. The molecule has 0 saturated heterocycles. The Balaban J connectivity index is 1.94. The highest BCUT2D eigenvalue weighted by atomic mass is 19.1. The Hall–Kier alpha value is -2.11. The molecule has 0 radical (unpaired) electrons. The highest BCUT2D eigenvalue weighted by Crippen LogP contribution is 2.18. The first kappa shape index (κ1) is 16.3. The number of halogens is 1. The topological polar surface area (TPSA) is 56.7 Å². The normalized spacial score (nSPS) is 14.6. The van der Waals surface area contributed by atoms with Gasteiger partial charge in [0.1, 0.15) is 12.4 Å². The summed E-state index contributed by atoms with van der Waals surface area (Å²) in [5.74, 6) is 0.325. The fourth-order valence-electron chi connectivity index (χ4n) is 2.10. The second-order valence-electron chi connectivity index (χ2n) is 5.50. The van der Waals surface area contributed by atoms with Crippen LogP contribution in [0.2, 0.25) is 0 Å². The number of carbonyl (C=O) groups is 1. The Morgan fingerprint density at radius 1 is 1.45 bits per heavy atom. The fourth-order valence-corrected chi connectivity index (χ4v) is 2.10. The average Bonchev–Trinajstić information content (AvgIpc) is 3.27. The van der Waals surface area contributed by atoms with E-state index in [1.54, 1.807) is 6.07 Å². The van der Waals surface area contributed by atoms with Crippen LogP contribution in [0.3, 0.4) is 0 Å². The van der Waals surface area contributed by atoms with E-state index in [2.05, 4.69) is 15.6 Å². The van der Waals surface area contributed by atoms with Crippen LogP contribution >= 0.6 is 0 Å². The number of aliphatic imine (C=N–C) groups is 1. The molecule has 0 spiro atoms. The van der Waals surface area contributed by atoms with Crippen LogP contribution in [0.4, 0.5) is 4.39 Å². The van der Waals surface area contributed by atoms with Crippen molar-refractivity contribution in [1.29, 1.82) is 0 Å². The van der Waals surface area contributed by atoms with Crippen LogP contribution in [0.5, 0.6) is 0 Å². The van der Waals surface area contributed by atoms with Gasteiger partial charge in [0.05, 0.1) is 0 Å². The van der Waals surface area contributed by atoms with Gasteiger partial charge in [-0.2, -0.15) is 0 Å². The van der Waals surface area contributed by atoms with Gasteiger partial charge in [0.25, 0.3) is 0 Å². The van der Waals surface area contributed by atoms with Gasteiger partial charge in [-0.25, -0.2) is 9.38 Å². The molecule has 22 heavy (non-hydrogen) atoms. The third-order valence-corrected chi connectivity index (χ3v) is 3.32. The molecule has 5 nitrogen and oxygen atoms in total. The van der Waals surface area contributed by atoms with Gasteiger partial charge in [-0.3, -0.25) is 4.79 Å². The maximum atomic E-state index is 13.2. The van der Waals surface area contributed by atoms with Gasteiger partial charge in [-0.05, 0) is 37.5 Å². The molecular weight excluding hydrogens is 283 g/mol. The zero-order valence-corrected chi connectivity index (χ0v) is 13.1. The van der Waals surface area contributed by atoms with Crippen LogP contribution < -0.4 is 10.6 Å². The van der Waals surface area contributed by atoms with Gasteiger partial charge in [0.2, 0.25) is 5.91 Å². The molecule has 1 amide bonds. The number of benzene rings is 1. The van der Waals surface area contributed by atoms with Gasteiger partial charge in [-0.1, -0.05) is 12.1 Å². The van der Waals surface area contributed by atoms with Crippen molar-refractivity contribution >= 4 is 11.9 Å². The number of guanidine groups is 1. The van der Waals surface area contributed by atoms with Crippen molar-refractivity contribution in [2.45, 2.75) is 32.4 Å². The van der Waals surface area contributed by atoms with E-state index in [1.165, 1.54) is 12.1 Å². The Morgan fingerprint density at radius 2 is 2.23 bits per heavy atom. The minimum Gasteiger partial charge on any atom is -0.357 e. The van der Waals surface area contributed by atoms with Gasteiger partial charge in [0, 0.05) is 26.2 Å². The molecule has 0 unspecified atom stereocenters. The first-order valence-corrected chi connectivity index (χ1v) is 7.61. The number of nitrogens with zero attached hydrogens (tertiary/aromatic N) is 2. The largest absolute Gasteiger partial charge is 0.357 e. The zero-order chi connectivity index (χ0) is 15.9. The van der Waals surface area contributed by atoms with E-state index < -0.39 is 0 Å². The molecule has 0 aromatic heterocycles. The quantitative estimate of drug-likeness (QED) is 0.618. The second-order valence-corrected chi connectivity index (χ2v) is 5.50. The molecule has 1 aliphatic carbocycles. The third-order valence-electron chi connectivity index (χ3n) is 3.32. The molecule has 0 heterocycles. The highest BCUT2D eigenvalue weighted by Gasteiger charge is 2.22. The summed E-state index contributed by atoms with van der Waals surface area (Å²) in [6.45, 7) is 3.30. The molecule has 0 aliphatic heterocycles. The van der Waals surface area contributed by atoms with Gasteiger partial charge in [-0.15, -0.1) is 0 Å². The van der Waals surface area contributed by atoms with Gasteiger partial charge in [0.15, 0.2) is 5.96 Å². The molecule has 1 saturated carbocycles. The molecular formula is C16H23FN4O. The van der Waals surface area contributed by atoms with Crippen molar-refractivity contribution in [2.75, 3.05) is 20.1 Å². The van der Waals surface area contributed by atoms with Crippen LogP contribution in [0, 0.1) is 5.82 Å². The Morgan fingerprint density at radius 3 is 2.86 bits per heavy atom. The lowest BCUT2D eigenvalue weighted by Gasteiger charge is -2.22. The Bertz CT molecular complexity index is 543. The number of rotatable bonds is 6. The summed E-state index contributed by atoms with van der Waals surface area (Å²) in [5.41, 5.74) is 0.857. The lowest BCUT2D eigenvalue weighted by Crippen LogP contribution is -2.39. The van der Waals surface area contributed by atoms with Crippen molar-refractivity contribution in [2.24, 2.45) is 4.99 Å². The van der Waals surface area contributed by atoms with E-state index >= 15 is 0 Å². The summed E-state index contributed by atoms with van der Waals surface area (Å²) in [6, 6.07) is 6.81. The van der Waals surface area contributed by atoms with Crippen molar-refractivity contribution in [1.82, 2.24) is 15.5 Å². The summed E-state index contributed by atoms with van der Waals surface area (Å²) < 4.78 is 13.2. The third kappa shape index (κ3) is 5.35. The molecule has 1 aliphatic rings. The number of hydrogen-bond acceptors (Lipinski definition) is 2. The molecule has 1 fully saturated rings. The molecule has 1 aromatic carbocycles. The van der Waals surface area contributed by atoms with Gasteiger partial charge < -0.3 is 15.5 Å². The predicted octanol–water partition coefficient (Wildman–Crippen LogP) is 1.50. The monoisotopic (exact) mass is 306 g/mol. The molecule has 2 N–H and O–H groups in total. The number of amides is 1. The number of hydrogen-bond donors (Lipinski definition) is 2. The van der Waals surface area contributed by atoms with Crippen molar-refractivity contribution < 1.29 is 9.18 Å². The Kier molecular flexibility index (Phi) is 5.75. The molecule has 0 atom stereocenters. The Labute approximate surface area is 130 Å². The predicted molar refractivity (Wildman–Crippen MR) is 85.0 cm³/mol. The zero-order valence-electron chi connectivity index (χ0n) is 13.1. The number of carbonyl (C=O) groups excluding carboxylic acids is 1. The van der Waals surface area contributed by atoms with Crippen molar-refractivity contribution in [3.63, 3.8) is 0 Å². The fraction of sp³-hybridized carbons (Fsp3) is 0.500. The standard InChI is InChI=1S/C16H23FN4O/c1-3-18-16(19-10-15(22)20-14-7-8-14)21(2)11-12-5-4-6-13(17)9-12/h4-6,9,14H,3,7-8,10-11H2,1-2H3,(H,18,19)(H,20,22). The second kappa shape index (κ2) is 7.77. The summed E-state index contributed by atoms with van der Waals surface area (Å²) in [4.78, 5) is 17.9. The van der Waals surface area contributed by atoms with Crippen LogP contribution in [0.1, 0.15) is 25.3 Å². The average molecular weight is 306 g/mol. The van der Waals surface area contributed by atoms with E-state index in [9.17, 15) is 9.18 Å². The van der Waals surface area contributed by atoms with Crippen LogP contribution in [-0.4, -0.2) is 42.9 Å². The minimum atomic E-state index is -0.253. The number of nitrogens with one attached hydrogen (secondary N) is 2. The summed E-state index contributed by atoms with van der Waals surface area (Å²) in [5, 5.41) is 6.05. The molecule has 1 aromatic rings. The smallest absolute Gasteiger partial charge is 0.242 e. The van der Waals surface area contributed by atoms with E-state index in [0.29, 0.717) is 25.1 Å². The molecule has 0 bridgehead atoms. The molecule has 6 heteroatoms. The van der Waals surface area contributed by atoms with Crippen LogP contribution in [0.25, 0.3) is 0 Å².